The molecule has 27 heavy (non-hydrogen) atoms. The van der Waals surface area contributed by atoms with Crippen LogP contribution >= 0.6 is 11.6 Å². The summed E-state index contributed by atoms with van der Waals surface area (Å²) >= 11 is 6.12. The number of benzene rings is 2. The second kappa shape index (κ2) is 7.62. The molecule has 2 aliphatic heterocycles. The van der Waals surface area contributed by atoms with Gasteiger partial charge in [-0.2, -0.15) is 0 Å². The third-order valence-electron chi connectivity index (χ3n) is 5.19. The number of phenolic OH excluding ortho intramolecular Hbond substituents is 1. The normalized spacial score (nSPS) is 17.7. The summed E-state index contributed by atoms with van der Waals surface area (Å²) in [6.07, 6.45) is 5.22. The second-order valence-electron chi connectivity index (χ2n) is 6.97. The molecule has 0 atom stereocenters. The smallest absolute Gasteiger partial charge is 0.248 e. The molecular formula is C21H21ClN2O3. The van der Waals surface area contributed by atoms with Crippen molar-refractivity contribution in [3.8, 4) is 11.5 Å². The van der Waals surface area contributed by atoms with Crippen molar-refractivity contribution in [3.05, 3.63) is 64.2 Å². The van der Waals surface area contributed by atoms with Crippen LogP contribution in [0.25, 0.3) is 6.08 Å². The van der Waals surface area contributed by atoms with Gasteiger partial charge in [-0.15, -0.1) is 0 Å². The number of piperidine rings is 1. The Labute approximate surface area is 163 Å². The Morgan fingerprint density at radius 1 is 1.11 bits per heavy atom. The van der Waals surface area contributed by atoms with Crippen molar-refractivity contribution < 1.29 is 15.1 Å². The summed E-state index contributed by atoms with van der Waals surface area (Å²) in [6, 6.07) is 11.9. The maximum Gasteiger partial charge on any atom is 0.248 e. The Morgan fingerprint density at radius 3 is 2.70 bits per heavy atom. The molecule has 140 valence electrons. The summed E-state index contributed by atoms with van der Waals surface area (Å²) in [5.74, 6) is 0.649. The highest BCUT2D eigenvalue weighted by Gasteiger charge is 2.23. The van der Waals surface area contributed by atoms with Crippen LogP contribution in [0.2, 0.25) is 5.02 Å². The summed E-state index contributed by atoms with van der Waals surface area (Å²) in [4.78, 5) is 7.53. The SMILES string of the molecule is OC1=NOc2c(ccc(CN3CCC(c4cccc(Cl)c4)CC3)c2O)C=C1. The Morgan fingerprint density at radius 2 is 1.93 bits per heavy atom. The number of aliphatic hydroxyl groups is 1. The number of hydrogen-bond donors (Lipinski definition) is 2. The summed E-state index contributed by atoms with van der Waals surface area (Å²) in [7, 11) is 0. The molecule has 0 unspecified atom stereocenters. The Balaban J connectivity index is 1.43. The molecule has 1 saturated heterocycles. The number of nitrogens with zero attached hydrogens (tertiary/aromatic N) is 2. The lowest BCUT2D eigenvalue weighted by Crippen LogP contribution is -2.32. The molecule has 2 aliphatic rings. The van der Waals surface area contributed by atoms with Crippen molar-refractivity contribution in [1.29, 1.82) is 0 Å². The lowest BCUT2D eigenvalue weighted by molar-refractivity contribution is 0.202. The largest absolute Gasteiger partial charge is 0.504 e. The summed E-state index contributed by atoms with van der Waals surface area (Å²) in [5, 5.41) is 24.4. The van der Waals surface area contributed by atoms with Crippen LogP contribution in [0.3, 0.4) is 0 Å². The van der Waals surface area contributed by atoms with Gasteiger partial charge in [0, 0.05) is 28.8 Å². The first-order valence-corrected chi connectivity index (χ1v) is 9.42. The summed E-state index contributed by atoms with van der Waals surface area (Å²) in [6.45, 7) is 2.55. The van der Waals surface area contributed by atoms with E-state index in [0.29, 0.717) is 18.0 Å². The third-order valence-corrected chi connectivity index (χ3v) is 5.42. The van der Waals surface area contributed by atoms with Crippen LogP contribution in [0.4, 0.5) is 0 Å². The molecule has 4 rings (SSSR count). The highest BCUT2D eigenvalue weighted by Crippen LogP contribution is 2.37. The molecule has 0 spiro atoms. The molecule has 2 heterocycles. The van der Waals surface area contributed by atoms with Crippen molar-refractivity contribution >= 4 is 23.6 Å². The number of rotatable bonds is 3. The van der Waals surface area contributed by atoms with Gasteiger partial charge in [-0.3, -0.25) is 4.90 Å². The van der Waals surface area contributed by atoms with Gasteiger partial charge in [0.05, 0.1) is 0 Å². The minimum absolute atomic E-state index is 0.0764. The van der Waals surface area contributed by atoms with Gasteiger partial charge in [0.25, 0.3) is 0 Å². The molecule has 0 aromatic heterocycles. The topological polar surface area (TPSA) is 65.3 Å². The number of aromatic hydroxyl groups is 1. The first-order valence-electron chi connectivity index (χ1n) is 9.05. The molecular weight excluding hydrogens is 364 g/mol. The van der Waals surface area contributed by atoms with E-state index >= 15 is 0 Å². The average Bonchev–Trinajstić information content (AvgIpc) is 2.87. The number of aliphatic hydroxyl groups excluding tert-OH is 1. The minimum Gasteiger partial charge on any atom is -0.504 e. The fourth-order valence-corrected chi connectivity index (χ4v) is 3.89. The molecule has 1 fully saturated rings. The van der Waals surface area contributed by atoms with Gasteiger partial charge in [0.15, 0.2) is 5.75 Å². The van der Waals surface area contributed by atoms with E-state index < -0.39 is 0 Å². The van der Waals surface area contributed by atoms with Crippen LogP contribution in [0.5, 0.6) is 11.5 Å². The van der Waals surface area contributed by atoms with Gasteiger partial charge in [-0.05, 0) is 60.8 Å². The van der Waals surface area contributed by atoms with Crippen molar-refractivity contribution in [3.63, 3.8) is 0 Å². The highest BCUT2D eigenvalue weighted by molar-refractivity contribution is 6.30. The van der Waals surface area contributed by atoms with E-state index in [-0.39, 0.29) is 17.4 Å². The maximum atomic E-state index is 10.6. The number of likely N-dealkylation sites (tertiary alicyclic amines) is 1. The minimum atomic E-state index is -0.227. The third kappa shape index (κ3) is 3.94. The van der Waals surface area contributed by atoms with Crippen LogP contribution in [0.1, 0.15) is 35.4 Å². The fourth-order valence-electron chi connectivity index (χ4n) is 3.70. The van der Waals surface area contributed by atoms with Crippen molar-refractivity contribution in [1.82, 2.24) is 4.90 Å². The quantitative estimate of drug-likeness (QED) is 0.804. The van der Waals surface area contributed by atoms with Gasteiger partial charge in [0.1, 0.15) is 0 Å². The Kier molecular flexibility index (Phi) is 5.05. The van der Waals surface area contributed by atoms with Gasteiger partial charge in [-0.1, -0.05) is 35.9 Å². The van der Waals surface area contributed by atoms with E-state index in [2.05, 4.69) is 22.2 Å². The molecule has 0 saturated carbocycles. The van der Waals surface area contributed by atoms with E-state index in [4.69, 9.17) is 16.4 Å². The van der Waals surface area contributed by atoms with E-state index in [9.17, 15) is 10.2 Å². The molecule has 2 aromatic carbocycles. The number of halogens is 1. The first kappa shape index (κ1) is 17.9. The maximum absolute atomic E-state index is 10.6. The van der Waals surface area contributed by atoms with Crippen molar-refractivity contribution in [2.24, 2.45) is 5.16 Å². The molecule has 0 amide bonds. The molecule has 2 aromatic rings. The lowest BCUT2D eigenvalue weighted by Gasteiger charge is -2.32. The van der Waals surface area contributed by atoms with Crippen LogP contribution in [-0.4, -0.2) is 34.1 Å². The molecule has 5 nitrogen and oxygen atoms in total. The van der Waals surface area contributed by atoms with Crippen LogP contribution in [0, 0.1) is 0 Å². The van der Waals surface area contributed by atoms with Gasteiger partial charge >= 0.3 is 0 Å². The van der Waals surface area contributed by atoms with E-state index in [0.717, 1.165) is 36.5 Å². The number of hydrogen-bond acceptors (Lipinski definition) is 4. The van der Waals surface area contributed by atoms with Gasteiger partial charge in [-0.25, -0.2) is 0 Å². The average molecular weight is 385 g/mol. The Hall–Kier alpha value is -2.50. The van der Waals surface area contributed by atoms with Crippen LogP contribution in [-0.2, 0) is 6.54 Å². The highest BCUT2D eigenvalue weighted by atomic mass is 35.5. The van der Waals surface area contributed by atoms with E-state index in [1.165, 1.54) is 11.6 Å². The van der Waals surface area contributed by atoms with Gasteiger partial charge < -0.3 is 15.1 Å². The zero-order valence-corrected chi connectivity index (χ0v) is 15.6. The molecule has 0 aliphatic carbocycles. The molecule has 6 heteroatoms. The zero-order chi connectivity index (χ0) is 18.8. The van der Waals surface area contributed by atoms with Crippen LogP contribution < -0.4 is 4.84 Å². The van der Waals surface area contributed by atoms with Crippen molar-refractivity contribution in [2.45, 2.75) is 25.3 Å². The second-order valence-corrected chi connectivity index (χ2v) is 7.41. The monoisotopic (exact) mass is 384 g/mol. The predicted molar refractivity (Wildman–Crippen MR) is 107 cm³/mol. The molecule has 0 radical (unpaired) electrons. The van der Waals surface area contributed by atoms with Crippen LogP contribution in [0.15, 0.2) is 47.6 Å². The predicted octanol–water partition coefficient (Wildman–Crippen LogP) is 4.70. The molecule has 0 bridgehead atoms. The van der Waals surface area contributed by atoms with E-state index in [1.54, 1.807) is 6.08 Å². The summed E-state index contributed by atoms with van der Waals surface area (Å²) in [5.41, 5.74) is 2.77. The molecule has 2 N–H and O–H groups in total. The summed E-state index contributed by atoms with van der Waals surface area (Å²) < 4.78 is 0. The zero-order valence-electron chi connectivity index (χ0n) is 14.8. The Bertz CT molecular complexity index is 902. The fraction of sp³-hybridized carbons (Fsp3) is 0.286. The van der Waals surface area contributed by atoms with E-state index in [1.807, 2.05) is 24.3 Å². The standard InChI is InChI=1S/C21H21ClN2O3/c22-18-3-1-2-16(12-18)14-8-10-24(11-9-14)13-17-5-4-15-6-7-19(25)23-27-21(15)20(17)26/h1-7,12,14,26H,8-11,13H2,(H,23,25). The lowest BCUT2D eigenvalue weighted by atomic mass is 9.89. The first-order chi connectivity index (χ1) is 13.1. The van der Waals surface area contributed by atoms with Crippen molar-refractivity contribution in [2.75, 3.05) is 13.1 Å². The van der Waals surface area contributed by atoms with Gasteiger partial charge in [0.2, 0.25) is 11.6 Å². The number of fused-ring (bicyclic) bond motifs is 1. The number of phenols is 1. The number of oxime groups is 1.